The van der Waals surface area contributed by atoms with Crippen molar-refractivity contribution in [3.63, 3.8) is 0 Å². The molecule has 2 rings (SSSR count). The third kappa shape index (κ3) is 7.74. The Morgan fingerprint density at radius 1 is 0.774 bits per heavy atom. The molecule has 2 unspecified atom stereocenters. The molecule has 3 nitrogen and oxygen atoms in total. The van der Waals surface area contributed by atoms with E-state index in [1.165, 1.54) is 0 Å². The van der Waals surface area contributed by atoms with Gasteiger partial charge in [-0.2, -0.15) is 8.78 Å². The highest BCUT2D eigenvalue weighted by atomic mass is 79.9. The standard InChI is InChI=1S/C22H24Br2Cl2F2O3/c1-21(2,13-5-7-17(15(25)9-13)30-19(23)27)11-29-12-22(3,4)14-6-8-18(16(26)10-14)31-20(24)28/h5-10,19-20H,11-12H2,1-4H3. The molecule has 0 aromatic heterocycles. The molecule has 0 aliphatic rings. The highest BCUT2D eigenvalue weighted by Gasteiger charge is 2.27. The average Bonchev–Trinajstić information content (AvgIpc) is 2.63. The van der Waals surface area contributed by atoms with Crippen molar-refractivity contribution in [3.05, 3.63) is 57.6 Å². The van der Waals surface area contributed by atoms with Crippen molar-refractivity contribution in [1.82, 2.24) is 0 Å². The zero-order chi connectivity index (χ0) is 23.4. The maximum absolute atomic E-state index is 13.0. The van der Waals surface area contributed by atoms with E-state index in [4.69, 9.17) is 37.4 Å². The minimum absolute atomic E-state index is 0.260. The van der Waals surface area contributed by atoms with Gasteiger partial charge in [0.05, 0.1) is 23.3 Å². The largest absolute Gasteiger partial charge is 0.449 e. The zero-order valence-electron chi connectivity index (χ0n) is 17.5. The molecule has 31 heavy (non-hydrogen) atoms. The number of benzene rings is 2. The predicted octanol–water partition coefficient (Wildman–Crippen LogP) is 8.32. The number of alkyl halides is 4. The van der Waals surface area contributed by atoms with Crippen molar-refractivity contribution < 1.29 is 23.0 Å². The van der Waals surface area contributed by atoms with Gasteiger partial charge in [0, 0.05) is 10.8 Å². The molecule has 2 aromatic carbocycles. The van der Waals surface area contributed by atoms with E-state index in [0.29, 0.717) is 23.3 Å². The van der Waals surface area contributed by atoms with Crippen LogP contribution in [0.5, 0.6) is 11.5 Å². The van der Waals surface area contributed by atoms with E-state index in [0.717, 1.165) is 11.1 Å². The molecular formula is C22H24Br2Cl2F2O3. The van der Waals surface area contributed by atoms with Crippen LogP contribution in [0.1, 0.15) is 38.8 Å². The Morgan fingerprint density at radius 2 is 1.13 bits per heavy atom. The number of hydrogen-bond acceptors (Lipinski definition) is 3. The average molecular weight is 605 g/mol. The molecule has 0 heterocycles. The third-order valence-corrected chi connectivity index (χ3v) is 5.75. The van der Waals surface area contributed by atoms with Crippen LogP contribution in [0, 0.1) is 0 Å². The smallest absolute Gasteiger partial charge is 0.294 e. The normalized spacial score (nSPS) is 14.3. The summed E-state index contributed by atoms with van der Waals surface area (Å²) < 4.78 is 42.0. The van der Waals surface area contributed by atoms with Crippen LogP contribution in [0.15, 0.2) is 36.4 Å². The molecular weight excluding hydrogens is 581 g/mol. The number of rotatable bonds is 10. The Kier molecular flexibility index (Phi) is 9.47. The summed E-state index contributed by atoms with van der Waals surface area (Å²) in [6.07, 6.45) is 0. The number of hydrogen-bond donors (Lipinski definition) is 0. The van der Waals surface area contributed by atoms with Crippen LogP contribution in [0.2, 0.25) is 10.0 Å². The Labute approximate surface area is 208 Å². The van der Waals surface area contributed by atoms with Gasteiger partial charge in [0.1, 0.15) is 11.5 Å². The summed E-state index contributed by atoms with van der Waals surface area (Å²) in [6, 6.07) is 10.5. The van der Waals surface area contributed by atoms with Gasteiger partial charge in [0.15, 0.2) is 0 Å². The van der Waals surface area contributed by atoms with E-state index in [1.807, 2.05) is 39.8 Å². The molecule has 0 aliphatic heterocycles. The van der Waals surface area contributed by atoms with E-state index in [1.54, 1.807) is 24.3 Å². The molecule has 0 bridgehead atoms. The van der Waals surface area contributed by atoms with E-state index >= 15 is 0 Å². The van der Waals surface area contributed by atoms with Crippen LogP contribution < -0.4 is 9.47 Å². The van der Waals surface area contributed by atoms with E-state index in [9.17, 15) is 8.78 Å². The van der Waals surface area contributed by atoms with Crippen LogP contribution in [-0.4, -0.2) is 23.7 Å². The summed E-state index contributed by atoms with van der Waals surface area (Å²) in [4.78, 5) is 0. The zero-order valence-corrected chi connectivity index (χ0v) is 22.2. The van der Waals surface area contributed by atoms with Crippen LogP contribution >= 0.6 is 55.1 Å². The summed E-state index contributed by atoms with van der Waals surface area (Å²) in [5.41, 5.74) is 1.19. The van der Waals surface area contributed by atoms with Crippen LogP contribution in [0.25, 0.3) is 0 Å². The topological polar surface area (TPSA) is 27.7 Å². The highest BCUT2D eigenvalue weighted by molar-refractivity contribution is 9.09. The van der Waals surface area contributed by atoms with Crippen LogP contribution in [-0.2, 0) is 15.6 Å². The van der Waals surface area contributed by atoms with E-state index in [2.05, 4.69) is 31.9 Å². The lowest BCUT2D eigenvalue weighted by atomic mass is 9.84. The summed E-state index contributed by atoms with van der Waals surface area (Å²) in [5.74, 6) is 0.520. The maximum Gasteiger partial charge on any atom is 0.294 e. The lowest BCUT2D eigenvalue weighted by Gasteiger charge is -2.30. The number of ether oxygens (including phenoxy) is 3. The van der Waals surface area contributed by atoms with E-state index in [-0.39, 0.29) is 22.3 Å². The van der Waals surface area contributed by atoms with Gasteiger partial charge in [-0.15, -0.1) is 0 Å². The molecule has 0 aliphatic carbocycles. The van der Waals surface area contributed by atoms with Gasteiger partial charge in [-0.05, 0) is 67.3 Å². The minimum atomic E-state index is -1.62. The van der Waals surface area contributed by atoms with Gasteiger partial charge in [0.2, 0.25) is 0 Å². The first-order valence-corrected chi connectivity index (χ1v) is 12.0. The van der Waals surface area contributed by atoms with Gasteiger partial charge in [0.25, 0.3) is 10.5 Å². The first-order valence-electron chi connectivity index (χ1n) is 9.39. The molecule has 0 spiro atoms. The molecule has 0 amide bonds. The Balaban J connectivity index is 2.03. The molecule has 0 saturated carbocycles. The molecule has 0 fully saturated rings. The predicted molar refractivity (Wildman–Crippen MR) is 129 cm³/mol. The van der Waals surface area contributed by atoms with Gasteiger partial charge in [-0.3, -0.25) is 0 Å². The van der Waals surface area contributed by atoms with Crippen molar-refractivity contribution >= 4 is 55.1 Å². The second-order valence-electron chi connectivity index (χ2n) is 8.31. The van der Waals surface area contributed by atoms with Gasteiger partial charge < -0.3 is 14.2 Å². The molecule has 2 atom stereocenters. The highest BCUT2D eigenvalue weighted by Crippen LogP contribution is 2.35. The van der Waals surface area contributed by atoms with Crippen molar-refractivity contribution in [2.24, 2.45) is 0 Å². The van der Waals surface area contributed by atoms with Crippen molar-refractivity contribution in [2.45, 2.75) is 49.1 Å². The minimum Gasteiger partial charge on any atom is -0.449 e. The van der Waals surface area contributed by atoms with Crippen molar-refractivity contribution in [2.75, 3.05) is 13.2 Å². The second-order valence-corrected chi connectivity index (χ2v) is 10.6. The monoisotopic (exact) mass is 602 g/mol. The summed E-state index contributed by atoms with van der Waals surface area (Å²) >= 11 is 17.8. The lowest BCUT2D eigenvalue weighted by Crippen LogP contribution is -2.30. The Morgan fingerprint density at radius 3 is 1.42 bits per heavy atom. The SMILES string of the molecule is CC(C)(COCC(C)(C)c1ccc(OC(F)Br)c(Cl)c1)c1ccc(OC(F)Br)c(Cl)c1. The maximum atomic E-state index is 13.0. The van der Waals surface area contributed by atoms with Gasteiger partial charge in [-0.25, -0.2) is 0 Å². The van der Waals surface area contributed by atoms with Crippen LogP contribution in [0.4, 0.5) is 8.78 Å². The fraction of sp³-hybridized carbons (Fsp3) is 0.455. The first-order chi connectivity index (χ1) is 14.3. The lowest BCUT2D eigenvalue weighted by molar-refractivity contribution is 0.0633. The fourth-order valence-corrected chi connectivity index (χ4v) is 3.81. The van der Waals surface area contributed by atoms with Gasteiger partial charge >= 0.3 is 0 Å². The quantitative estimate of drug-likeness (QED) is 0.255. The second kappa shape index (κ2) is 11.0. The number of halogens is 6. The molecule has 2 aromatic rings. The molecule has 172 valence electrons. The summed E-state index contributed by atoms with van der Waals surface area (Å²) in [6.45, 7) is 8.99. The van der Waals surface area contributed by atoms with E-state index < -0.39 is 10.5 Å². The summed E-state index contributed by atoms with van der Waals surface area (Å²) in [5, 5.41) is -2.60. The van der Waals surface area contributed by atoms with Gasteiger partial charge in [-0.1, -0.05) is 63.0 Å². The molecule has 0 saturated heterocycles. The molecule has 0 radical (unpaired) electrons. The Hall–Kier alpha value is -0.600. The fourth-order valence-electron chi connectivity index (χ4n) is 2.95. The molecule has 9 heteroatoms. The summed E-state index contributed by atoms with van der Waals surface area (Å²) in [7, 11) is 0. The first kappa shape index (κ1) is 26.7. The third-order valence-electron chi connectivity index (χ3n) is 4.78. The van der Waals surface area contributed by atoms with Crippen molar-refractivity contribution in [3.8, 4) is 11.5 Å². The van der Waals surface area contributed by atoms with Crippen molar-refractivity contribution in [1.29, 1.82) is 0 Å². The van der Waals surface area contributed by atoms with Crippen LogP contribution in [0.3, 0.4) is 0 Å². The Bertz CT molecular complexity index is 822. The molecule has 0 N–H and O–H groups in total.